The number of piperazine rings is 1. The van der Waals surface area contributed by atoms with Crippen LogP contribution in [0.1, 0.15) is 24.8 Å². The summed E-state index contributed by atoms with van der Waals surface area (Å²) < 4.78 is 5.30. The Labute approximate surface area is 170 Å². The lowest BCUT2D eigenvalue weighted by atomic mass is 10.1. The molecule has 0 saturated carbocycles. The van der Waals surface area contributed by atoms with Gasteiger partial charge in [0.25, 0.3) is 0 Å². The van der Waals surface area contributed by atoms with Crippen molar-refractivity contribution in [2.75, 3.05) is 24.5 Å². The second kappa shape index (κ2) is 8.43. The van der Waals surface area contributed by atoms with Crippen molar-refractivity contribution in [3.8, 4) is 11.4 Å². The van der Waals surface area contributed by atoms with Crippen LogP contribution in [0.3, 0.4) is 0 Å². The third-order valence-electron chi connectivity index (χ3n) is 5.34. The van der Waals surface area contributed by atoms with Crippen molar-refractivity contribution >= 4 is 11.6 Å². The van der Waals surface area contributed by atoms with Crippen LogP contribution in [0.15, 0.2) is 53.3 Å². The number of pyridine rings is 1. The first-order valence-corrected chi connectivity index (χ1v) is 9.95. The second-order valence-corrected chi connectivity index (χ2v) is 7.42. The van der Waals surface area contributed by atoms with Gasteiger partial charge >= 0.3 is 0 Å². The number of hydrogen-bond donors (Lipinski definition) is 0. The molecule has 29 heavy (non-hydrogen) atoms. The average molecular weight is 391 g/mol. The number of benzene rings is 1. The van der Waals surface area contributed by atoms with Gasteiger partial charge in [0.1, 0.15) is 0 Å². The first kappa shape index (κ1) is 19.1. The highest BCUT2D eigenvalue weighted by atomic mass is 16.5. The van der Waals surface area contributed by atoms with Crippen molar-refractivity contribution in [1.82, 2.24) is 20.0 Å². The quantitative estimate of drug-likeness (QED) is 0.665. The van der Waals surface area contributed by atoms with E-state index in [2.05, 4.69) is 58.1 Å². The molecule has 3 aromatic rings. The van der Waals surface area contributed by atoms with E-state index in [1.165, 1.54) is 11.3 Å². The maximum atomic E-state index is 12.8. The highest BCUT2D eigenvalue weighted by molar-refractivity contribution is 5.77. The molecule has 0 aliphatic carbocycles. The van der Waals surface area contributed by atoms with Crippen molar-refractivity contribution in [3.63, 3.8) is 0 Å². The smallest absolute Gasteiger partial charge is 0.227 e. The molecule has 1 aliphatic heterocycles. The van der Waals surface area contributed by atoms with Crippen molar-refractivity contribution < 1.29 is 9.32 Å². The third-order valence-corrected chi connectivity index (χ3v) is 5.34. The zero-order valence-corrected chi connectivity index (χ0v) is 16.8. The van der Waals surface area contributed by atoms with Crippen molar-refractivity contribution in [2.24, 2.45) is 0 Å². The highest BCUT2D eigenvalue weighted by Gasteiger charge is 2.28. The summed E-state index contributed by atoms with van der Waals surface area (Å²) in [5.41, 5.74) is 3.32. The molecule has 0 N–H and O–H groups in total. The van der Waals surface area contributed by atoms with Crippen LogP contribution in [0.5, 0.6) is 0 Å². The zero-order valence-electron chi connectivity index (χ0n) is 16.8. The van der Waals surface area contributed by atoms with Crippen LogP contribution in [0.4, 0.5) is 5.69 Å². The summed E-state index contributed by atoms with van der Waals surface area (Å²) >= 11 is 0. The summed E-state index contributed by atoms with van der Waals surface area (Å²) in [6.45, 7) is 6.63. The molecule has 2 aromatic heterocycles. The van der Waals surface area contributed by atoms with E-state index in [0.717, 1.165) is 25.2 Å². The molecule has 4 rings (SSSR count). The molecule has 7 heteroatoms. The summed E-state index contributed by atoms with van der Waals surface area (Å²) in [6.07, 6.45) is 4.19. The number of amides is 1. The van der Waals surface area contributed by atoms with Crippen molar-refractivity contribution in [1.29, 1.82) is 0 Å². The fraction of sp³-hybridized carbons (Fsp3) is 0.364. The van der Waals surface area contributed by atoms with E-state index in [0.29, 0.717) is 24.6 Å². The van der Waals surface area contributed by atoms with Crippen molar-refractivity contribution in [2.45, 2.75) is 32.7 Å². The summed E-state index contributed by atoms with van der Waals surface area (Å²) in [5, 5.41) is 3.99. The zero-order chi connectivity index (χ0) is 20.2. The predicted molar refractivity (Wildman–Crippen MR) is 110 cm³/mol. The van der Waals surface area contributed by atoms with Gasteiger partial charge in [-0.3, -0.25) is 9.78 Å². The van der Waals surface area contributed by atoms with Gasteiger partial charge in [0.05, 0.1) is 0 Å². The molecule has 1 aromatic carbocycles. The molecule has 7 nitrogen and oxygen atoms in total. The fourth-order valence-corrected chi connectivity index (χ4v) is 3.79. The van der Waals surface area contributed by atoms with Crippen LogP contribution < -0.4 is 4.90 Å². The number of carbonyl (C=O) groups excluding carboxylic acids is 1. The summed E-state index contributed by atoms with van der Waals surface area (Å²) in [6, 6.07) is 12.3. The van der Waals surface area contributed by atoms with E-state index < -0.39 is 0 Å². The Kier molecular flexibility index (Phi) is 5.55. The lowest BCUT2D eigenvalue weighted by molar-refractivity contribution is -0.133. The molecule has 0 spiro atoms. The van der Waals surface area contributed by atoms with E-state index in [1.54, 1.807) is 12.4 Å². The molecular formula is C22H25N5O2. The molecule has 0 unspecified atom stereocenters. The Bertz CT molecular complexity index is 972. The standard InChI is InChI=1S/C22H25N5O2/c1-16-6-3-4-8-19(16)26-12-13-27(17(2)15-26)21(28)10-9-20-24-22(25-29-20)18-7-5-11-23-14-18/h3-8,11,14,17H,9-10,12-13,15H2,1-2H3/t17-/m1/s1. The first-order valence-electron chi connectivity index (χ1n) is 9.95. The molecule has 1 amide bonds. The van der Waals surface area contributed by atoms with Gasteiger partial charge in [-0.15, -0.1) is 0 Å². The normalized spacial score (nSPS) is 16.8. The topological polar surface area (TPSA) is 75.4 Å². The second-order valence-electron chi connectivity index (χ2n) is 7.42. The maximum Gasteiger partial charge on any atom is 0.227 e. The van der Waals surface area contributed by atoms with Gasteiger partial charge in [-0.1, -0.05) is 23.4 Å². The van der Waals surface area contributed by atoms with Crippen molar-refractivity contribution in [3.05, 3.63) is 60.2 Å². The Balaban J connectivity index is 1.33. The molecule has 3 heterocycles. The number of aryl methyl sites for hydroxylation is 2. The fourth-order valence-electron chi connectivity index (χ4n) is 3.79. The van der Waals surface area contributed by atoms with E-state index in [-0.39, 0.29) is 11.9 Å². The minimum atomic E-state index is 0.128. The van der Waals surface area contributed by atoms with Crippen LogP contribution in [-0.2, 0) is 11.2 Å². The molecule has 0 bridgehead atoms. The summed E-state index contributed by atoms with van der Waals surface area (Å²) in [4.78, 5) is 25.5. The molecule has 1 atom stereocenters. The van der Waals surface area contributed by atoms with Gasteiger partial charge in [0, 0.05) is 62.2 Å². The number of nitrogens with zero attached hydrogens (tertiary/aromatic N) is 5. The minimum Gasteiger partial charge on any atom is -0.367 e. The van der Waals surface area contributed by atoms with Gasteiger partial charge in [0.15, 0.2) is 0 Å². The molecular weight excluding hydrogens is 366 g/mol. The van der Waals surface area contributed by atoms with Gasteiger partial charge in [-0.2, -0.15) is 4.98 Å². The largest absolute Gasteiger partial charge is 0.367 e. The predicted octanol–water partition coefficient (Wildman–Crippen LogP) is 3.11. The Morgan fingerprint density at radius 2 is 2.07 bits per heavy atom. The number of aromatic nitrogens is 3. The number of para-hydroxylation sites is 1. The van der Waals surface area contributed by atoms with E-state index in [4.69, 9.17) is 4.52 Å². The molecule has 1 aliphatic rings. The Hall–Kier alpha value is -3.22. The number of hydrogen-bond acceptors (Lipinski definition) is 6. The maximum absolute atomic E-state index is 12.8. The first-order chi connectivity index (χ1) is 14.1. The number of rotatable bonds is 5. The van der Waals surface area contributed by atoms with Crippen LogP contribution in [0, 0.1) is 6.92 Å². The number of anilines is 1. The molecule has 150 valence electrons. The Morgan fingerprint density at radius 1 is 1.21 bits per heavy atom. The number of carbonyl (C=O) groups is 1. The van der Waals surface area contributed by atoms with E-state index in [1.807, 2.05) is 17.0 Å². The lowest BCUT2D eigenvalue weighted by Crippen LogP contribution is -2.54. The van der Waals surface area contributed by atoms with E-state index in [9.17, 15) is 4.79 Å². The van der Waals surface area contributed by atoms with Gasteiger partial charge in [-0.25, -0.2) is 0 Å². The molecule has 1 fully saturated rings. The third kappa shape index (κ3) is 4.29. The van der Waals surface area contributed by atoms with Crippen LogP contribution in [0.25, 0.3) is 11.4 Å². The monoisotopic (exact) mass is 391 g/mol. The van der Waals surface area contributed by atoms with Crippen LogP contribution in [0.2, 0.25) is 0 Å². The van der Waals surface area contributed by atoms with Gasteiger partial charge < -0.3 is 14.3 Å². The van der Waals surface area contributed by atoms with Gasteiger partial charge in [-0.05, 0) is 37.6 Å². The lowest BCUT2D eigenvalue weighted by Gasteiger charge is -2.41. The van der Waals surface area contributed by atoms with Crippen LogP contribution in [-0.4, -0.2) is 51.6 Å². The SMILES string of the molecule is Cc1ccccc1N1CCN(C(=O)CCc2nc(-c3cccnc3)no2)[C@H](C)C1. The summed E-state index contributed by atoms with van der Waals surface area (Å²) in [7, 11) is 0. The Morgan fingerprint density at radius 3 is 2.83 bits per heavy atom. The van der Waals surface area contributed by atoms with Crippen LogP contribution >= 0.6 is 0 Å². The minimum absolute atomic E-state index is 0.128. The highest BCUT2D eigenvalue weighted by Crippen LogP contribution is 2.23. The molecule has 1 saturated heterocycles. The van der Waals surface area contributed by atoms with E-state index >= 15 is 0 Å². The van der Waals surface area contributed by atoms with Gasteiger partial charge in [0.2, 0.25) is 17.6 Å². The summed E-state index contributed by atoms with van der Waals surface area (Å²) in [5.74, 6) is 1.10. The molecule has 0 radical (unpaired) electrons. The average Bonchev–Trinajstić information content (AvgIpc) is 3.22.